The zero-order chi connectivity index (χ0) is 22.4. The van der Waals surface area contributed by atoms with Gasteiger partial charge < -0.3 is 24.1 Å². The Hall–Kier alpha value is -2.83. The lowest BCUT2D eigenvalue weighted by Crippen LogP contribution is -2.44. The lowest BCUT2D eigenvalue weighted by atomic mass is 10.0. The van der Waals surface area contributed by atoms with Crippen molar-refractivity contribution in [2.45, 2.75) is 44.6 Å². The molecule has 32 heavy (non-hydrogen) atoms. The van der Waals surface area contributed by atoms with Gasteiger partial charge in [-0.25, -0.2) is 0 Å². The molecule has 0 heterocycles. The molecule has 5 nitrogen and oxygen atoms in total. The van der Waals surface area contributed by atoms with E-state index in [1.807, 2.05) is 91.0 Å². The lowest BCUT2D eigenvalue weighted by Gasteiger charge is -2.32. The molecule has 0 bridgehead atoms. The normalized spacial score (nSPS) is 13.9. The van der Waals surface area contributed by atoms with Crippen molar-refractivity contribution in [1.29, 1.82) is 0 Å². The molecule has 0 saturated heterocycles. The third-order valence-corrected chi connectivity index (χ3v) is 5.14. The Bertz CT molecular complexity index is 886. The summed E-state index contributed by atoms with van der Waals surface area (Å²) in [5.41, 5.74) is 2.98. The van der Waals surface area contributed by atoms with Crippen LogP contribution in [0, 0.1) is 0 Å². The molecular weight excluding hydrogens is 404 g/mol. The fraction of sp³-hybridized carbons (Fsp3) is 0.296. The molecule has 168 valence electrons. The van der Waals surface area contributed by atoms with Gasteiger partial charge in [0.15, 0.2) is 0 Å². The molecule has 0 spiro atoms. The largest absolute Gasteiger partial charge is 0.394 e. The molecule has 3 aromatic carbocycles. The number of aldehydes is 1. The predicted octanol–water partition coefficient (Wildman–Crippen LogP) is 4.32. The van der Waals surface area contributed by atoms with Gasteiger partial charge in [0.05, 0.1) is 32.5 Å². The Morgan fingerprint density at radius 3 is 1.44 bits per heavy atom. The van der Waals surface area contributed by atoms with Crippen LogP contribution in [-0.4, -0.2) is 36.3 Å². The lowest BCUT2D eigenvalue weighted by molar-refractivity contribution is -0.163. The van der Waals surface area contributed by atoms with Crippen molar-refractivity contribution >= 4 is 6.29 Å². The molecule has 0 aliphatic rings. The Morgan fingerprint density at radius 2 is 1.03 bits per heavy atom. The van der Waals surface area contributed by atoms with Gasteiger partial charge in [-0.1, -0.05) is 91.0 Å². The molecule has 0 aliphatic carbocycles. The number of benzene rings is 3. The molecule has 0 aromatic heterocycles. The molecule has 0 saturated carbocycles. The van der Waals surface area contributed by atoms with Crippen LogP contribution in [0.25, 0.3) is 0 Å². The highest BCUT2D eigenvalue weighted by molar-refractivity contribution is 5.50. The summed E-state index contributed by atoms with van der Waals surface area (Å²) in [6.07, 6.45) is -0.890. The van der Waals surface area contributed by atoms with Crippen LogP contribution in [0.1, 0.15) is 23.1 Å². The molecule has 0 radical (unpaired) electrons. The number of aliphatic hydroxyl groups is 1. The number of ether oxygens (including phenoxy) is 3. The quantitative estimate of drug-likeness (QED) is 0.383. The molecule has 0 amide bonds. The zero-order valence-corrected chi connectivity index (χ0v) is 18.1. The van der Waals surface area contributed by atoms with Crippen LogP contribution in [0.15, 0.2) is 91.0 Å². The van der Waals surface area contributed by atoms with Gasteiger partial charge in [0.2, 0.25) is 0 Å². The maximum atomic E-state index is 11.5. The highest BCUT2D eigenvalue weighted by Crippen LogP contribution is 2.20. The molecule has 1 N–H and O–H groups in total. The van der Waals surface area contributed by atoms with Crippen molar-refractivity contribution in [3.63, 3.8) is 0 Å². The van der Waals surface area contributed by atoms with Crippen LogP contribution in [-0.2, 0) is 38.8 Å². The van der Waals surface area contributed by atoms with Crippen LogP contribution in [0.5, 0.6) is 0 Å². The highest BCUT2D eigenvalue weighted by Gasteiger charge is 2.32. The van der Waals surface area contributed by atoms with Crippen molar-refractivity contribution < 1.29 is 24.1 Å². The number of hydrogen-bond donors (Lipinski definition) is 1. The molecular formula is C27H30O5. The first-order valence-corrected chi connectivity index (χ1v) is 10.8. The Labute approximate surface area is 189 Å². The molecule has 0 fully saturated rings. The third kappa shape index (κ3) is 7.70. The Kier molecular flexibility index (Phi) is 10.1. The second-order valence-electron chi connectivity index (χ2n) is 7.52. The molecule has 3 rings (SSSR count). The average Bonchev–Trinajstić information content (AvgIpc) is 2.86. The van der Waals surface area contributed by atoms with Gasteiger partial charge >= 0.3 is 0 Å². The van der Waals surface area contributed by atoms with E-state index >= 15 is 0 Å². The molecule has 0 unspecified atom stereocenters. The third-order valence-electron chi connectivity index (χ3n) is 5.14. The van der Waals surface area contributed by atoms with E-state index in [1.54, 1.807) is 0 Å². The van der Waals surface area contributed by atoms with Gasteiger partial charge in [-0.05, 0) is 16.7 Å². The van der Waals surface area contributed by atoms with Gasteiger partial charge in [0, 0.05) is 6.42 Å². The summed E-state index contributed by atoms with van der Waals surface area (Å²) in [6, 6.07) is 29.3. The first kappa shape index (κ1) is 23.8. The minimum atomic E-state index is -0.653. The number of rotatable bonds is 14. The molecule has 3 aromatic rings. The number of carbonyl (C=O) groups excluding carboxylic acids is 1. The second-order valence-corrected chi connectivity index (χ2v) is 7.52. The van der Waals surface area contributed by atoms with E-state index in [0.29, 0.717) is 19.8 Å². The van der Waals surface area contributed by atoms with Gasteiger partial charge in [-0.3, -0.25) is 0 Å². The Morgan fingerprint density at radius 1 is 0.625 bits per heavy atom. The maximum absolute atomic E-state index is 11.5. The minimum absolute atomic E-state index is 0.136. The number of aliphatic hydroxyl groups excluding tert-OH is 1. The predicted molar refractivity (Wildman–Crippen MR) is 123 cm³/mol. The molecule has 3 atom stereocenters. The molecule has 0 aliphatic heterocycles. The minimum Gasteiger partial charge on any atom is -0.394 e. The highest BCUT2D eigenvalue weighted by atomic mass is 16.6. The van der Waals surface area contributed by atoms with Crippen molar-refractivity contribution in [2.24, 2.45) is 0 Å². The van der Waals surface area contributed by atoms with Crippen LogP contribution in [0.3, 0.4) is 0 Å². The summed E-state index contributed by atoms with van der Waals surface area (Å²) in [7, 11) is 0. The standard InChI is InChI=1S/C27H30O5/c28-17-16-25(30-19-22-10-4-1-5-11-22)27(32-21-24-14-8-3-9-15-24)26(18-29)31-20-23-12-6-2-7-13-23/h1-15,17,25-27,29H,16,18-21H2/t25-,26-,27-/m1/s1. The van der Waals surface area contributed by atoms with Crippen LogP contribution in [0.4, 0.5) is 0 Å². The smallest absolute Gasteiger partial charge is 0.122 e. The van der Waals surface area contributed by atoms with Crippen molar-refractivity contribution in [3.05, 3.63) is 108 Å². The fourth-order valence-electron chi connectivity index (χ4n) is 3.42. The summed E-state index contributed by atoms with van der Waals surface area (Å²) in [6.45, 7) is 0.724. The average molecular weight is 435 g/mol. The van der Waals surface area contributed by atoms with Crippen LogP contribution < -0.4 is 0 Å². The van der Waals surface area contributed by atoms with E-state index in [1.165, 1.54) is 0 Å². The van der Waals surface area contributed by atoms with Crippen molar-refractivity contribution in [2.75, 3.05) is 6.61 Å². The van der Waals surface area contributed by atoms with Crippen molar-refractivity contribution in [3.8, 4) is 0 Å². The summed E-state index contributed by atoms with van der Waals surface area (Å²) in [5.74, 6) is 0. The molecule has 5 heteroatoms. The fourth-order valence-corrected chi connectivity index (χ4v) is 3.42. The first-order valence-electron chi connectivity index (χ1n) is 10.8. The first-order chi connectivity index (χ1) is 15.8. The van der Waals surface area contributed by atoms with Gasteiger partial charge in [-0.15, -0.1) is 0 Å². The summed E-state index contributed by atoms with van der Waals surface area (Å²) < 4.78 is 18.3. The Balaban J connectivity index is 1.74. The summed E-state index contributed by atoms with van der Waals surface area (Å²) >= 11 is 0. The van der Waals surface area contributed by atoms with E-state index in [-0.39, 0.29) is 13.0 Å². The summed E-state index contributed by atoms with van der Waals surface area (Å²) in [5, 5.41) is 10.1. The second kappa shape index (κ2) is 13.6. The number of hydrogen-bond acceptors (Lipinski definition) is 5. The topological polar surface area (TPSA) is 65.0 Å². The van der Waals surface area contributed by atoms with E-state index < -0.39 is 18.3 Å². The zero-order valence-electron chi connectivity index (χ0n) is 18.1. The van der Waals surface area contributed by atoms with E-state index in [0.717, 1.165) is 23.0 Å². The van der Waals surface area contributed by atoms with Crippen LogP contribution >= 0.6 is 0 Å². The maximum Gasteiger partial charge on any atom is 0.122 e. The van der Waals surface area contributed by atoms with E-state index in [4.69, 9.17) is 14.2 Å². The van der Waals surface area contributed by atoms with E-state index in [2.05, 4.69) is 0 Å². The van der Waals surface area contributed by atoms with Crippen molar-refractivity contribution in [1.82, 2.24) is 0 Å². The number of carbonyl (C=O) groups is 1. The monoisotopic (exact) mass is 434 g/mol. The van der Waals surface area contributed by atoms with Gasteiger partial charge in [0.25, 0.3) is 0 Å². The van der Waals surface area contributed by atoms with E-state index in [9.17, 15) is 9.90 Å². The summed E-state index contributed by atoms with van der Waals surface area (Å²) in [4.78, 5) is 11.5. The SMILES string of the molecule is O=CC[C@@H](OCc1ccccc1)[C@@H](OCc1ccccc1)[C@@H](CO)OCc1ccccc1. The van der Waals surface area contributed by atoms with Gasteiger partial charge in [-0.2, -0.15) is 0 Å². The van der Waals surface area contributed by atoms with Gasteiger partial charge in [0.1, 0.15) is 18.5 Å². The van der Waals surface area contributed by atoms with Crippen LogP contribution in [0.2, 0.25) is 0 Å².